The van der Waals surface area contributed by atoms with Crippen LogP contribution in [0.25, 0.3) is 0 Å². The quantitative estimate of drug-likeness (QED) is 0.687. The van der Waals surface area contributed by atoms with Crippen molar-refractivity contribution in [3.63, 3.8) is 0 Å². The van der Waals surface area contributed by atoms with E-state index in [-0.39, 0.29) is 17.9 Å². The van der Waals surface area contributed by atoms with Crippen molar-refractivity contribution in [1.29, 1.82) is 0 Å². The van der Waals surface area contributed by atoms with Gasteiger partial charge in [0.25, 0.3) is 0 Å². The van der Waals surface area contributed by atoms with Crippen LogP contribution < -0.4 is 5.32 Å². The van der Waals surface area contributed by atoms with E-state index < -0.39 is 0 Å². The second-order valence-electron chi connectivity index (χ2n) is 4.83. The first-order valence-corrected chi connectivity index (χ1v) is 8.02. The Morgan fingerprint density at radius 1 is 0.950 bits per heavy atom. The third-order valence-electron chi connectivity index (χ3n) is 3.28. The van der Waals surface area contributed by atoms with Gasteiger partial charge in [-0.3, -0.25) is 0 Å². The maximum atomic E-state index is 13.9. The zero-order valence-electron chi connectivity index (χ0n) is 11.3. The second kappa shape index (κ2) is 6.83. The number of rotatable bonds is 4. The van der Waals surface area contributed by atoms with Gasteiger partial charge in [0.1, 0.15) is 5.82 Å². The molecule has 0 aliphatic rings. The number of halogens is 3. The minimum absolute atomic E-state index is 0.0583. The summed E-state index contributed by atoms with van der Waals surface area (Å²) in [4.78, 5) is 0. The third kappa shape index (κ3) is 3.90. The number of hydrogen-bond acceptors (Lipinski definition) is 1. The van der Waals surface area contributed by atoms with Crippen molar-refractivity contribution < 1.29 is 4.39 Å². The molecule has 0 fully saturated rings. The molecular weight excluding hydrogens is 385 g/mol. The smallest absolute Gasteiger partial charge is 0.129 e. The molecule has 0 amide bonds. The van der Waals surface area contributed by atoms with Gasteiger partial charge >= 0.3 is 0 Å². The molecule has 20 heavy (non-hydrogen) atoms. The molecule has 4 heteroatoms. The average molecular weight is 401 g/mol. The maximum Gasteiger partial charge on any atom is 0.129 e. The fourth-order valence-electron chi connectivity index (χ4n) is 2.19. The van der Waals surface area contributed by atoms with Crippen LogP contribution in [-0.2, 0) is 0 Å². The number of nitrogens with one attached hydrogen (secondary N) is 1. The Bertz CT molecular complexity index is 601. The van der Waals surface area contributed by atoms with Gasteiger partial charge in [0, 0.05) is 26.6 Å². The van der Waals surface area contributed by atoms with E-state index in [1.165, 1.54) is 11.6 Å². The molecule has 0 aliphatic heterocycles. The molecule has 2 rings (SSSR count). The molecule has 2 aromatic carbocycles. The topological polar surface area (TPSA) is 12.0 Å². The van der Waals surface area contributed by atoms with E-state index in [0.29, 0.717) is 5.56 Å². The Morgan fingerprint density at radius 2 is 1.65 bits per heavy atom. The lowest BCUT2D eigenvalue weighted by atomic mass is 10.0. The van der Waals surface area contributed by atoms with Crippen LogP contribution in [-0.4, -0.2) is 0 Å². The van der Waals surface area contributed by atoms with Gasteiger partial charge in [0.15, 0.2) is 0 Å². The SMILES string of the molecule is CC(NC(C)c1ccc(Br)cc1F)c1cccc(Br)c1. The van der Waals surface area contributed by atoms with E-state index in [4.69, 9.17) is 0 Å². The Morgan fingerprint density at radius 3 is 2.30 bits per heavy atom. The van der Waals surface area contributed by atoms with Crippen LogP contribution in [0, 0.1) is 5.82 Å². The minimum atomic E-state index is -0.194. The lowest BCUT2D eigenvalue weighted by Crippen LogP contribution is -2.23. The minimum Gasteiger partial charge on any atom is -0.304 e. The highest BCUT2D eigenvalue weighted by atomic mass is 79.9. The molecule has 0 spiro atoms. The van der Waals surface area contributed by atoms with Gasteiger partial charge in [0.05, 0.1) is 0 Å². The largest absolute Gasteiger partial charge is 0.304 e. The van der Waals surface area contributed by atoms with E-state index in [0.717, 1.165) is 8.95 Å². The van der Waals surface area contributed by atoms with Crippen molar-refractivity contribution in [3.05, 3.63) is 68.4 Å². The summed E-state index contributed by atoms with van der Waals surface area (Å²) in [6, 6.07) is 13.4. The average Bonchev–Trinajstić information content (AvgIpc) is 2.38. The maximum absolute atomic E-state index is 13.9. The summed E-state index contributed by atoms with van der Waals surface area (Å²) >= 11 is 6.74. The summed E-state index contributed by atoms with van der Waals surface area (Å²) in [5.41, 5.74) is 1.85. The highest BCUT2D eigenvalue weighted by Gasteiger charge is 2.14. The van der Waals surface area contributed by atoms with Crippen molar-refractivity contribution in [1.82, 2.24) is 5.32 Å². The van der Waals surface area contributed by atoms with Crippen molar-refractivity contribution in [2.45, 2.75) is 25.9 Å². The van der Waals surface area contributed by atoms with E-state index in [1.807, 2.05) is 31.2 Å². The molecule has 0 radical (unpaired) electrons. The molecule has 0 aliphatic carbocycles. The van der Waals surface area contributed by atoms with Gasteiger partial charge in [-0.05, 0) is 43.7 Å². The molecule has 0 aromatic heterocycles. The molecule has 0 saturated carbocycles. The van der Waals surface area contributed by atoms with Crippen LogP contribution in [0.5, 0.6) is 0 Å². The van der Waals surface area contributed by atoms with E-state index in [9.17, 15) is 4.39 Å². The lowest BCUT2D eigenvalue weighted by Gasteiger charge is -2.21. The van der Waals surface area contributed by atoms with Crippen LogP contribution in [0.3, 0.4) is 0 Å². The van der Waals surface area contributed by atoms with Crippen LogP contribution in [0.1, 0.15) is 37.1 Å². The fourth-order valence-corrected chi connectivity index (χ4v) is 2.94. The molecule has 1 N–H and O–H groups in total. The van der Waals surface area contributed by atoms with E-state index >= 15 is 0 Å². The van der Waals surface area contributed by atoms with Crippen LogP contribution in [0.4, 0.5) is 4.39 Å². The summed E-state index contributed by atoms with van der Waals surface area (Å²) in [6.45, 7) is 4.05. The normalized spacial score (nSPS) is 14.1. The van der Waals surface area contributed by atoms with Gasteiger partial charge in [-0.2, -0.15) is 0 Å². The highest BCUT2D eigenvalue weighted by Crippen LogP contribution is 2.24. The van der Waals surface area contributed by atoms with Gasteiger partial charge in [-0.25, -0.2) is 4.39 Å². The monoisotopic (exact) mass is 399 g/mol. The summed E-state index contributed by atoms with van der Waals surface area (Å²) in [5, 5.41) is 3.42. The van der Waals surface area contributed by atoms with Crippen LogP contribution >= 0.6 is 31.9 Å². The Labute approximate surface area is 135 Å². The standard InChI is InChI=1S/C16H16Br2FN/c1-10(12-4-3-5-13(17)8-12)20-11(2)15-7-6-14(18)9-16(15)19/h3-11,20H,1-2H3. The van der Waals surface area contributed by atoms with Gasteiger partial charge < -0.3 is 5.32 Å². The molecule has 2 atom stereocenters. The van der Waals surface area contributed by atoms with Crippen molar-refractivity contribution in [2.24, 2.45) is 0 Å². The Balaban J connectivity index is 2.12. The lowest BCUT2D eigenvalue weighted by molar-refractivity contribution is 0.473. The summed E-state index contributed by atoms with van der Waals surface area (Å²) in [5.74, 6) is -0.194. The zero-order valence-corrected chi connectivity index (χ0v) is 14.5. The Kier molecular flexibility index (Phi) is 5.35. The number of benzene rings is 2. The molecule has 0 heterocycles. The van der Waals surface area contributed by atoms with Crippen molar-refractivity contribution >= 4 is 31.9 Å². The molecular formula is C16H16Br2FN. The Hall–Kier alpha value is -0.710. The van der Waals surface area contributed by atoms with Crippen molar-refractivity contribution in [3.8, 4) is 0 Å². The predicted octanol–water partition coefficient (Wildman–Crippen LogP) is 5.76. The zero-order chi connectivity index (χ0) is 14.7. The first-order valence-electron chi connectivity index (χ1n) is 6.44. The molecule has 0 saturated heterocycles. The predicted molar refractivity (Wildman–Crippen MR) is 88.2 cm³/mol. The van der Waals surface area contributed by atoms with Gasteiger partial charge in [-0.15, -0.1) is 0 Å². The molecule has 1 nitrogen and oxygen atoms in total. The van der Waals surface area contributed by atoms with Crippen LogP contribution in [0.15, 0.2) is 51.4 Å². The molecule has 0 bridgehead atoms. The van der Waals surface area contributed by atoms with E-state index in [1.54, 1.807) is 0 Å². The molecule has 106 valence electrons. The first kappa shape index (κ1) is 15.7. The summed E-state index contributed by atoms with van der Waals surface area (Å²) in [7, 11) is 0. The molecule has 2 aromatic rings. The van der Waals surface area contributed by atoms with Crippen LogP contribution in [0.2, 0.25) is 0 Å². The second-order valence-corrected chi connectivity index (χ2v) is 6.66. The first-order chi connectivity index (χ1) is 9.47. The summed E-state index contributed by atoms with van der Waals surface area (Å²) < 4.78 is 15.7. The third-order valence-corrected chi connectivity index (χ3v) is 4.26. The molecule has 2 unspecified atom stereocenters. The van der Waals surface area contributed by atoms with Gasteiger partial charge in [-0.1, -0.05) is 50.1 Å². The fraction of sp³-hybridized carbons (Fsp3) is 0.250. The number of hydrogen-bond donors (Lipinski definition) is 1. The highest BCUT2D eigenvalue weighted by molar-refractivity contribution is 9.10. The van der Waals surface area contributed by atoms with Gasteiger partial charge in [0.2, 0.25) is 0 Å². The summed E-state index contributed by atoms with van der Waals surface area (Å²) in [6.07, 6.45) is 0. The van der Waals surface area contributed by atoms with E-state index in [2.05, 4.69) is 56.2 Å². The van der Waals surface area contributed by atoms with Crippen molar-refractivity contribution in [2.75, 3.05) is 0 Å².